The molecule has 0 saturated carbocycles. The Morgan fingerprint density at radius 1 is 1.64 bits per heavy atom. The second-order valence-electron chi connectivity index (χ2n) is 1.95. The summed E-state index contributed by atoms with van der Waals surface area (Å²) < 4.78 is 11.7. The zero-order chi connectivity index (χ0) is 9.14. The van der Waals surface area contributed by atoms with E-state index in [1.807, 2.05) is 0 Å². The molecule has 0 amide bonds. The van der Waals surface area contributed by atoms with Crippen LogP contribution in [0, 0.1) is 0 Å². The number of ether oxygens (including phenoxy) is 1. The number of carbonyl (C=O) groups is 1. The van der Waals surface area contributed by atoms with Gasteiger partial charge in [0.25, 0.3) is 0 Å². The number of phenolic OH excluding ortho intramolecular Hbond substituents is 1. The van der Waals surface area contributed by atoms with Crippen molar-refractivity contribution in [2.24, 2.45) is 0 Å². The van der Waals surface area contributed by atoms with Crippen LogP contribution < -0.4 is 0 Å². The Labute approximate surface area is 65.6 Å². The fourth-order valence-corrected chi connectivity index (χ4v) is 0.654. The normalized spacial score (nSPS) is 10.5. The van der Waals surface area contributed by atoms with E-state index in [9.17, 15) is 4.79 Å². The molecule has 0 aliphatic carbocycles. The molecule has 3 heteroatoms. The number of carbonyl (C=O) groups excluding carboxylic acids is 1. The lowest BCUT2D eigenvalue weighted by Gasteiger charge is -1.97. The van der Waals surface area contributed by atoms with E-state index in [-0.39, 0.29) is 17.4 Å². The predicted molar refractivity (Wildman–Crippen MR) is 39.4 cm³/mol. The van der Waals surface area contributed by atoms with Gasteiger partial charge in [0.15, 0.2) is 0 Å². The molecule has 0 saturated heterocycles. The Hall–Kier alpha value is -1.51. The Morgan fingerprint density at radius 3 is 2.91 bits per heavy atom. The van der Waals surface area contributed by atoms with Gasteiger partial charge < -0.3 is 9.84 Å². The van der Waals surface area contributed by atoms with E-state index >= 15 is 0 Å². The molecule has 0 heterocycles. The average Bonchev–Trinajstić information content (AvgIpc) is 2.03. The zero-order valence-electron chi connectivity index (χ0n) is 7.00. The van der Waals surface area contributed by atoms with Crippen molar-refractivity contribution >= 4 is 5.97 Å². The monoisotopic (exact) mass is 154 g/mol. The third-order valence-electron chi connectivity index (χ3n) is 1.20. The van der Waals surface area contributed by atoms with Gasteiger partial charge in [-0.1, -0.05) is 0 Å². The number of methoxy groups -OCH3 is 1. The van der Waals surface area contributed by atoms with E-state index in [1.165, 1.54) is 25.3 Å². The van der Waals surface area contributed by atoms with Gasteiger partial charge in [-0.2, -0.15) is 0 Å². The average molecular weight is 154 g/mol. The Balaban J connectivity index is 3.09. The largest absolute Gasteiger partial charge is 0.508 e. The predicted octanol–water partition coefficient (Wildman–Crippen LogP) is 1.18. The number of phenols is 1. The molecule has 3 nitrogen and oxygen atoms in total. The SMILES string of the molecule is [3H]c1cc(O)ccc1C(=O)OC. The molecular weight excluding hydrogens is 144 g/mol. The van der Waals surface area contributed by atoms with Crippen molar-refractivity contribution in [1.82, 2.24) is 0 Å². The van der Waals surface area contributed by atoms with Crippen LogP contribution in [0.25, 0.3) is 0 Å². The summed E-state index contributed by atoms with van der Waals surface area (Å²) in [5.74, 6) is -0.604. The van der Waals surface area contributed by atoms with Gasteiger partial charge in [-0.05, 0) is 24.2 Å². The first-order valence-electron chi connectivity index (χ1n) is 3.53. The van der Waals surface area contributed by atoms with Crippen molar-refractivity contribution in [1.29, 1.82) is 0 Å². The van der Waals surface area contributed by atoms with E-state index in [1.54, 1.807) is 0 Å². The molecule has 1 N–H and O–H groups in total. The molecule has 0 unspecified atom stereocenters. The van der Waals surface area contributed by atoms with Crippen molar-refractivity contribution in [3.8, 4) is 5.75 Å². The molecule has 1 rings (SSSR count). The molecule has 0 aliphatic heterocycles. The van der Waals surface area contributed by atoms with Crippen LogP contribution in [-0.2, 0) is 4.74 Å². The summed E-state index contributed by atoms with van der Waals surface area (Å²) in [7, 11) is 1.24. The van der Waals surface area contributed by atoms with Gasteiger partial charge in [0, 0.05) is 0 Å². The molecule has 0 bridgehead atoms. The van der Waals surface area contributed by atoms with Crippen molar-refractivity contribution in [2.75, 3.05) is 7.11 Å². The quantitative estimate of drug-likeness (QED) is 0.618. The highest BCUT2D eigenvalue weighted by molar-refractivity contribution is 5.89. The minimum Gasteiger partial charge on any atom is -0.508 e. The van der Waals surface area contributed by atoms with Crippen molar-refractivity contribution < 1.29 is 16.0 Å². The van der Waals surface area contributed by atoms with Crippen molar-refractivity contribution in [3.05, 3.63) is 29.8 Å². The fourth-order valence-electron chi connectivity index (χ4n) is 0.654. The first-order valence-corrected chi connectivity index (χ1v) is 3.03. The minimum absolute atomic E-state index is 0.0346. The molecule has 0 aromatic heterocycles. The third kappa shape index (κ3) is 1.70. The van der Waals surface area contributed by atoms with Crippen molar-refractivity contribution in [2.45, 2.75) is 0 Å². The number of aromatic hydroxyl groups is 1. The van der Waals surface area contributed by atoms with Crippen LogP contribution in [0.1, 0.15) is 11.7 Å². The highest BCUT2D eigenvalue weighted by atomic mass is 16.5. The molecular formula is C8H8O3. The number of benzene rings is 1. The number of hydrogen-bond donors (Lipinski definition) is 1. The molecule has 0 radical (unpaired) electrons. The van der Waals surface area contributed by atoms with Gasteiger partial charge in [-0.3, -0.25) is 0 Å². The molecule has 1 aromatic rings. The lowest BCUT2D eigenvalue weighted by atomic mass is 10.2. The van der Waals surface area contributed by atoms with Gasteiger partial charge in [-0.15, -0.1) is 0 Å². The summed E-state index contributed by atoms with van der Waals surface area (Å²) >= 11 is 0. The molecule has 58 valence electrons. The van der Waals surface area contributed by atoms with E-state index in [2.05, 4.69) is 4.74 Å². The molecule has 0 fully saturated rings. The molecule has 1 aromatic carbocycles. The van der Waals surface area contributed by atoms with Crippen LogP contribution in [0.3, 0.4) is 0 Å². The summed E-state index contributed by atoms with van der Waals surface area (Å²) in [6, 6.07) is 3.84. The summed E-state index contributed by atoms with van der Waals surface area (Å²) in [4.78, 5) is 10.9. The third-order valence-corrected chi connectivity index (χ3v) is 1.20. The second kappa shape index (κ2) is 3.05. The lowest BCUT2D eigenvalue weighted by molar-refractivity contribution is 0.0601. The topological polar surface area (TPSA) is 46.5 Å². The highest BCUT2D eigenvalue weighted by Gasteiger charge is 2.02. The smallest absolute Gasteiger partial charge is 0.337 e. The van der Waals surface area contributed by atoms with Crippen molar-refractivity contribution in [3.63, 3.8) is 0 Å². The first-order chi connectivity index (χ1) is 5.65. The fraction of sp³-hybridized carbons (Fsp3) is 0.125. The zero-order valence-corrected chi connectivity index (χ0v) is 6.00. The van der Waals surface area contributed by atoms with E-state index in [4.69, 9.17) is 6.48 Å². The molecule has 0 spiro atoms. The van der Waals surface area contributed by atoms with Gasteiger partial charge in [0.05, 0.1) is 14.0 Å². The Bertz CT molecular complexity index is 309. The second-order valence-corrected chi connectivity index (χ2v) is 1.95. The molecule has 0 aliphatic rings. The van der Waals surface area contributed by atoms with E-state index in [0.717, 1.165) is 0 Å². The van der Waals surface area contributed by atoms with Crippen LogP contribution in [0.2, 0.25) is 0 Å². The maximum Gasteiger partial charge on any atom is 0.337 e. The molecule has 0 atom stereocenters. The Kier molecular flexibility index (Phi) is 1.73. The summed E-state index contributed by atoms with van der Waals surface area (Å²) in [6.45, 7) is 0. The highest BCUT2D eigenvalue weighted by Crippen LogP contribution is 2.09. The minimum atomic E-state index is -0.569. The first kappa shape index (κ1) is 6.22. The maximum absolute atomic E-state index is 10.9. The van der Waals surface area contributed by atoms with Crippen LogP contribution in [0.15, 0.2) is 24.2 Å². The maximum atomic E-state index is 10.9. The lowest BCUT2D eigenvalue weighted by Crippen LogP contribution is -1.99. The van der Waals surface area contributed by atoms with Gasteiger partial charge in [0.2, 0.25) is 0 Å². The number of hydrogen-bond acceptors (Lipinski definition) is 3. The van der Waals surface area contributed by atoms with Crippen LogP contribution in [0.5, 0.6) is 5.75 Å². The van der Waals surface area contributed by atoms with Gasteiger partial charge in [0.1, 0.15) is 5.75 Å². The van der Waals surface area contributed by atoms with Crippen LogP contribution in [0.4, 0.5) is 0 Å². The molecule has 11 heavy (non-hydrogen) atoms. The van der Waals surface area contributed by atoms with Crippen LogP contribution in [-0.4, -0.2) is 18.2 Å². The van der Waals surface area contributed by atoms with Crippen LogP contribution >= 0.6 is 0 Å². The van der Waals surface area contributed by atoms with E-state index < -0.39 is 5.97 Å². The number of rotatable bonds is 1. The van der Waals surface area contributed by atoms with Gasteiger partial charge >= 0.3 is 5.97 Å². The summed E-state index contributed by atoms with van der Waals surface area (Å²) in [5.41, 5.74) is 0.148. The summed E-state index contributed by atoms with van der Waals surface area (Å²) in [6.07, 6.45) is 0. The number of esters is 1. The standard InChI is InChI=1S/C8H8O3/c1-11-8(10)6-2-4-7(9)5-3-6/h2-5,9H,1H3/i2T. The summed E-state index contributed by atoms with van der Waals surface area (Å²) in [5, 5.41) is 8.92. The van der Waals surface area contributed by atoms with E-state index in [0.29, 0.717) is 0 Å². The van der Waals surface area contributed by atoms with Gasteiger partial charge in [-0.25, -0.2) is 4.79 Å². The Morgan fingerprint density at radius 2 is 2.36 bits per heavy atom.